The quantitative estimate of drug-likeness (QED) is 0.712. The summed E-state index contributed by atoms with van der Waals surface area (Å²) in [6.07, 6.45) is 3.83. The topological polar surface area (TPSA) is 63.6 Å². The fourth-order valence-electron chi connectivity index (χ4n) is 2.18. The summed E-state index contributed by atoms with van der Waals surface area (Å²) in [6.45, 7) is 1.98. The van der Waals surface area contributed by atoms with E-state index in [2.05, 4.69) is 6.92 Å². The van der Waals surface area contributed by atoms with E-state index in [9.17, 15) is 8.42 Å². The third-order valence-corrected chi connectivity index (χ3v) is 5.69. The first-order valence-electron chi connectivity index (χ1n) is 7.05. The Bertz CT molecular complexity index is 479. The van der Waals surface area contributed by atoms with Gasteiger partial charge in [0, 0.05) is 6.61 Å². The monoisotopic (exact) mass is 300 g/mol. The maximum Gasteiger partial charge on any atom is 0.181 e. The predicted molar refractivity (Wildman–Crippen MR) is 79.8 cm³/mol. The van der Waals surface area contributed by atoms with Gasteiger partial charge in [0.2, 0.25) is 0 Å². The molecule has 1 atom stereocenters. The maximum atomic E-state index is 12.6. The van der Waals surface area contributed by atoms with Gasteiger partial charge in [0.15, 0.2) is 9.84 Å². The zero-order valence-electron chi connectivity index (χ0n) is 12.2. The van der Waals surface area contributed by atoms with E-state index in [0.717, 1.165) is 19.3 Å². The lowest BCUT2D eigenvalue weighted by molar-refractivity contribution is 0.282. The van der Waals surface area contributed by atoms with Gasteiger partial charge in [-0.15, -0.1) is 0 Å². The first-order chi connectivity index (χ1) is 9.56. The van der Waals surface area contributed by atoms with Crippen LogP contribution >= 0.6 is 0 Å². The van der Waals surface area contributed by atoms with Gasteiger partial charge in [-0.2, -0.15) is 0 Å². The Morgan fingerprint density at radius 3 is 2.30 bits per heavy atom. The highest BCUT2D eigenvalue weighted by atomic mass is 32.2. The Labute approximate surface area is 121 Å². The summed E-state index contributed by atoms with van der Waals surface area (Å²) in [5.41, 5.74) is 0. The van der Waals surface area contributed by atoms with Crippen LogP contribution in [0.4, 0.5) is 0 Å². The number of hydrogen-bond acceptors (Lipinski definition) is 4. The minimum atomic E-state index is -3.38. The van der Waals surface area contributed by atoms with Crippen LogP contribution in [-0.4, -0.2) is 32.5 Å². The molecule has 0 aliphatic carbocycles. The SMILES string of the molecule is CCCCCC(CCO)S(=O)(=O)c1ccc(OC)cc1. The van der Waals surface area contributed by atoms with Crippen LogP contribution in [-0.2, 0) is 9.84 Å². The lowest BCUT2D eigenvalue weighted by Gasteiger charge is -2.17. The van der Waals surface area contributed by atoms with Crippen LogP contribution in [0.2, 0.25) is 0 Å². The molecule has 0 saturated heterocycles. The van der Waals surface area contributed by atoms with Gasteiger partial charge in [0.05, 0.1) is 17.3 Å². The smallest absolute Gasteiger partial charge is 0.181 e. The van der Waals surface area contributed by atoms with Crippen molar-refractivity contribution in [3.63, 3.8) is 0 Å². The zero-order valence-corrected chi connectivity index (χ0v) is 13.0. The molecule has 1 unspecified atom stereocenters. The van der Waals surface area contributed by atoms with Crippen molar-refractivity contribution in [1.82, 2.24) is 0 Å². The number of ether oxygens (including phenoxy) is 1. The van der Waals surface area contributed by atoms with Crippen LogP contribution in [0.3, 0.4) is 0 Å². The van der Waals surface area contributed by atoms with Gasteiger partial charge in [-0.25, -0.2) is 8.42 Å². The van der Waals surface area contributed by atoms with Crippen molar-refractivity contribution < 1.29 is 18.3 Å². The Morgan fingerprint density at radius 2 is 1.80 bits per heavy atom. The van der Waals surface area contributed by atoms with Gasteiger partial charge >= 0.3 is 0 Å². The number of methoxy groups -OCH3 is 1. The van der Waals surface area contributed by atoms with E-state index < -0.39 is 15.1 Å². The molecule has 0 fully saturated rings. The van der Waals surface area contributed by atoms with E-state index in [1.807, 2.05) is 0 Å². The Hall–Kier alpha value is -1.07. The van der Waals surface area contributed by atoms with Crippen LogP contribution < -0.4 is 4.74 Å². The Morgan fingerprint density at radius 1 is 1.15 bits per heavy atom. The predicted octanol–water partition coefficient (Wildman–Crippen LogP) is 2.80. The molecule has 0 spiro atoms. The molecule has 1 N–H and O–H groups in total. The molecule has 0 saturated carbocycles. The van der Waals surface area contributed by atoms with Crippen LogP contribution in [0.5, 0.6) is 5.75 Å². The van der Waals surface area contributed by atoms with E-state index in [1.165, 1.54) is 0 Å². The van der Waals surface area contributed by atoms with Gasteiger partial charge in [0.1, 0.15) is 5.75 Å². The standard InChI is InChI=1S/C15H24O4S/c1-3-4-5-6-14(11-12-16)20(17,18)15-9-7-13(19-2)8-10-15/h7-10,14,16H,3-6,11-12H2,1-2H3. The first-order valence-corrected chi connectivity index (χ1v) is 8.59. The second-order valence-corrected chi connectivity index (χ2v) is 7.08. The average molecular weight is 300 g/mol. The molecule has 1 aromatic rings. The maximum absolute atomic E-state index is 12.6. The highest BCUT2D eigenvalue weighted by Gasteiger charge is 2.26. The zero-order chi connectivity index (χ0) is 15.0. The fourth-order valence-corrected chi connectivity index (χ4v) is 3.97. The van der Waals surface area contributed by atoms with Gasteiger partial charge in [-0.1, -0.05) is 26.2 Å². The molecule has 1 aromatic carbocycles. The van der Waals surface area contributed by atoms with Crippen molar-refractivity contribution in [2.75, 3.05) is 13.7 Å². The molecule has 0 amide bonds. The second kappa shape index (κ2) is 8.27. The summed E-state index contributed by atoms with van der Waals surface area (Å²) >= 11 is 0. The largest absolute Gasteiger partial charge is 0.497 e. The Balaban J connectivity index is 2.89. The lowest BCUT2D eigenvalue weighted by Crippen LogP contribution is -2.23. The molecular formula is C15H24O4S. The molecule has 0 radical (unpaired) electrons. The number of sulfone groups is 1. The van der Waals surface area contributed by atoms with Crippen LogP contribution in [0.1, 0.15) is 39.0 Å². The fraction of sp³-hybridized carbons (Fsp3) is 0.600. The van der Waals surface area contributed by atoms with Crippen molar-refractivity contribution in [2.24, 2.45) is 0 Å². The summed E-state index contributed by atoms with van der Waals surface area (Å²) in [5.74, 6) is 0.633. The molecule has 20 heavy (non-hydrogen) atoms. The molecule has 0 aliphatic heterocycles. The minimum Gasteiger partial charge on any atom is -0.497 e. The van der Waals surface area contributed by atoms with Crippen molar-refractivity contribution >= 4 is 9.84 Å². The highest BCUT2D eigenvalue weighted by molar-refractivity contribution is 7.92. The van der Waals surface area contributed by atoms with E-state index in [-0.39, 0.29) is 13.0 Å². The van der Waals surface area contributed by atoms with Gasteiger partial charge in [0.25, 0.3) is 0 Å². The van der Waals surface area contributed by atoms with Crippen LogP contribution in [0.15, 0.2) is 29.2 Å². The number of unbranched alkanes of at least 4 members (excludes halogenated alkanes) is 2. The summed E-state index contributed by atoms with van der Waals surface area (Å²) < 4.78 is 30.2. The number of benzene rings is 1. The van der Waals surface area contributed by atoms with Crippen molar-refractivity contribution in [3.05, 3.63) is 24.3 Å². The highest BCUT2D eigenvalue weighted by Crippen LogP contribution is 2.24. The van der Waals surface area contributed by atoms with E-state index in [0.29, 0.717) is 17.1 Å². The minimum absolute atomic E-state index is 0.105. The van der Waals surface area contributed by atoms with E-state index in [1.54, 1.807) is 31.4 Å². The Kier molecular flexibility index (Phi) is 7.02. The summed E-state index contributed by atoms with van der Waals surface area (Å²) in [5, 5.41) is 8.59. The summed E-state index contributed by atoms with van der Waals surface area (Å²) in [4.78, 5) is 0.299. The van der Waals surface area contributed by atoms with Crippen LogP contribution in [0, 0.1) is 0 Å². The molecule has 0 aromatic heterocycles. The van der Waals surface area contributed by atoms with Crippen molar-refractivity contribution in [2.45, 2.75) is 49.2 Å². The van der Waals surface area contributed by atoms with Gasteiger partial charge in [-0.3, -0.25) is 0 Å². The number of hydrogen-bond donors (Lipinski definition) is 1. The summed E-state index contributed by atoms with van der Waals surface area (Å²) in [6, 6.07) is 6.43. The average Bonchev–Trinajstić information content (AvgIpc) is 2.46. The molecule has 5 heteroatoms. The third-order valence-electron chi connectivity index (χ3n) is 3.41. The summed E-state index contributed by atoms with van der Waals surface area (Å²) in [7, 11) is -1.84. The van der Waals surface area contributed by atoms with E-state index >= 15 is 0 Å². The molecule has 0 heterocycles. The molecule has 0 bridgehead atoms. The van der Waals surface area contributed by atoms with Crippen molar-refractivity contribution in [3.8, 4) is 5.75 Å². The number of aliphatic hydroxyl groups is 1. The molecular weight excluding hydrogens is 276 g/mol. The lowest BCUT2D eigenvalue weighted by atomic mass is 10.1. The van der Waals surface area contributed by atoms with Crippen molar-refractivity contribution in [1.29, 1.82) is 0 Å². The van der Waals surface area contributed by atoms with Crippen LogP contribution in [0.25, 0.3) is 0 Å². The van der Waals surface area contributed by atoms with E-state index in [4.69, 9.17) is 9.84 Å². The van der Waals surface area contributed by atoms with Gasteiger partial charge < -0.3 is 9.84 Å². The second-order valence-electron chi connectivity index (χ2n) is 4.85. The molecule has 4 nitrogen and oxygen atoms in total. The first kappa shape index (κ1) is 17.0. The van der Waals surface area contributed by atoms with Gasteiger partial charge in [-0.05, 0) is 37.1 Å². The molecule has 0 aliphatic rings. The number of rotatable bonds is 9. The normalized spacial score (nSPS) is 13.2. The molecule has 1 rings (SSSR count). The number of aliphatic hydroxyl groups excluding tert-OH is 1. The third kappa shape index (κ3) is 4.49. The molecule has 114 valence electrons.